The lowest BCUT2D eigenvalue weighted by molar-refractivity contribution is 0.102. The first-order valence-corrected chi connectivity index (χ1v) is 8.27. The van der Waals surface area contributed by atoms with E-state index in [1.54, 1.807) is 24.3 Å². The van der Waals surface area contributed by atoms with Crippen LogP contribution in [-0.4, -0.2) is 16.0 Å². The first-order valence-electron chi connectivity index (χ1n) is 8.27. The van der Waals surface area contributed by atoms with Crippen LogP contribution in [0.15, 0.2) is 84.9 Å². The van der Waals surface area contributed by atoms with Crippen LogP contribution in [0.4, 0.5) is 5.69 Å². The van der Waals surface area contributed by atoms with Crippen molar-refractivity contribution in [2.24, 2.45) is 0 Å². The third-order valence-electron chi connectivity index (χ3n) is 4.18. The summed E-state index contributed by atoms with van der Waals surface area (Å²) in [6, 6.07) is 25.7. The number of amides is 1. The summed E-state index contributed by atoms with van der Waals surface area (Å²) in [7, 11) is 0. The van der Waals surface area contributed by atoms with Gasteiger partial charge in [0.25, 0.3) is 5.91 Å². The molecule has 0 bridgehead atoms. The molecular formula is C22H16N2O2. The highest BCUT2D eigenvalue weighted by Crippen LogP contribution is 2.27. The van der Waals surface area contributed by atoms with Crippen molar-refractivity contribution in [2.75, 3.05) is 5.32 Å². The highest BCUT2D eigenvalue weighted by Gasteiger charge is 2.15. The number of rotatable bonds is 3. The Hall–Kier alpha value is -3.66. The lowest BCUT2D eigenvalue weighted by Crippen LogP contribution is -2.13. The van der Waals surface area contributed by atoms with Gasteiger partial charge in [0.05, 0.1) is 22.5 Å². The van der Waals surface area contributed by atoms with Crippen molar-refractivity contribution in [3.05, 3.63) is 90.5 Å². The predicted molar refractivity (Wildman–Crippen MR) is 103 cm³/mol. The Morgan fingerprint density at radius 3 is 2.35 bits per heavy atom. The van der Waals surface area contributed by atoms with E-state index in [4.69, 9.17) is 0 Å². The fraction of sp³-hybridized carbons (Fsp3) is 0. The van der Waals surface area contributed by atoms with Gasteiger partial charge in [-0.05, 0) is 24.3 Å². The smallest absolute Gasteiger partial charge is 0.256 e. The summed E-state index contributed by atoms with van der Waals surface area (Å²) in [5, 5.41) is 13.5. The second kappa shape index (κ2) is 6.69. The molecule has 1 heterocycles. The second-order valence-electron chi connectivity index (χ2n) is 5.91. The van der Waals surface area contributed by atoms with E-state index in [0.717, 1.165) is 22.2 Å². The number of fused-ring (bicyclic) bond motifs is 1. The Labute approximate surface area is 150 Å². The van der Waals surface area contributed by atoms with Gasteiger partial charge in [0.2, 0.25) is 0 Å². The van der Waals surface area contributed by atoms with Crippen LogP contribution in [0.5, 0.6) is 5.75 Å². The maximum absolute atomic E-state index is 12.9. The quantitative estimate of drug-likeness (QED) is 0.524. The van der Waals surface area contributed by atoms with Gasteiger partial charge in [-0.25, -0.2) is 4.98 Å². The molecule has 0 spiro atoms. The van der Waals surface area contributed by atoms with Crippen molar-refractivity contribution in [2.45, 2.75) is 0 Å². The molecule has 1 aromatic heterocycles. The van der Waals surface area contributed by atoms with E-state index in [0.29, 0.717) is 11.3 Å². The molecular weight excluding hydrogens is 324 g/mol. The van der Waals surface area contributed by atoms with Crippen LogP contribution in [0.1, 0.15) is 10.4 Å². The molecule has 2 N–H and O–H groups in total. The molecule has 0 radical (unpaired) electrons. The third kappa shape index (κ3) is 3.00. The lowest BCUT2D eigenvalue weighted by Gasteiger charge is -2.11. The minimum atomic E-state index is -0.290. The number of phenols is 1. The average Bonchev–Trinajstić information content (AvgIpc) is 2.69. The lowest BCUT2D eigenvalue weighted by atomic mass is 10.0. The maximum atomic E-state index is 12.9. The highest BCUT2D eigenvalue weighted by molar-refractivity contribution is 6.13. The summed E-state index contributed by atoms with van der Waals surface area (Å²) in [6.07, 6.45) is 0. The maximum Gasteiger partial charge on any atom is 0.256 e. The normalized spacial score (nSPS) is 10.6. The van der Waals surface area contributed by atoms with Gasteiger partial charge in [0, 0.05) is 10.9 Å². The number of hydrogen-bond donors (Lipinski definition) is 2. The Morgan fingerprint density at radius 1 is 0.846 bits per heavy atom. The van der Waals surface area contributed by atoms with Gasteiger partial charge in [0.15, 0.2) is 0 Å². The fourth-order valence-electron chi connectivity index (χ4n) is 2.89. The van der Waals surface area contributed by atoms with Gasteiger partial charge in [-0.3, -0.25) is 4.79 Å². The standard InChI is InChI=1S/C22H16N2O2/c25-21-13-7-6-12-19(21)24-22(26)17-14-20(15-8-2-1-3-9-15)23-18-11-5-4-10-16(17)18/h1-14,25H,(H,24,26). The summed E-state index contributed by atoms with van der Waals surface area (Å²) >= 11 is 0. The van der Waals surface area contributed by atoms with Crippen LogP contribution in [0.25, 0.3) is 22.2 Å². The number of anilines is 1. The van der Waals surface area contributed by atoms with E-state index in [9.17, 15) is 9.90 Å². The van der Waals surface area contributed by atoms with Gasteiger partial charge in [-0.15, -0.1) is 0 Å². The molecule has 0 aliphatic heterocycles. The van der Waals surface area contributed by atoms with Crippen LogP contribution in [0, 0.1) is 0 Å². The summed E-state index contributed by atoms with van der Waals surface area (Å²) in [5.41, 5.74) is 3.30. The molecule has 0 atom stereocenters. The minimum Gasteiger partial charge on any atom is -0.506 e. The van der Waals surface area contributed by atoms with E-state index >= 15 is 0 Å². The molecule has 3 aromatic carbocycles. The van der Waals surface area contributed by atoms with Gasteiger partial charge in [-0.1, -0.05) is 60.7 Å². The Kier molecular flexibility index (Phi) is 4.07. The zero-order valence-corrected chi connectivity index (χ0v) is 13.9. The molecule has 126 valence electrons. The Balaban J connectivity index is 1.83. The van der Waals surface area contributed by atoms with Crippen LogP contribution in [0.2, 0.25) is 0 Å². The molecule has 0 saturated carbocycles. The zero-order chi connectivity index (χ0) is 17.9. The van der Waals surface area contributed by atoms with Gasteiger partial charge >= 0.3 is 0 Å². The number of para-hydroxylation sites is 3. The molecule has 4 heteroatoms. The molecule has 0 saturated heterocycles. The number of benzene rings is 3. The number of aromatic hydroxyl groups is 1. The molecule has 0 unspecified atom stereocenters. The predicted octanol–water partition coefficient (Wildman–Crippen LogP) is 4.86. The average molecular weight is 340 g/mol. The number of hydrogen-bond acceptors (Lipinski definition) is 3. The minimum absolute atomic E-state index is 0.0301. The van der Waals surface area contributed by atoms with Crippen molar-refractivity contribution in [1.82, 2.24) is 4.98 Å². The SMILES string of the molecule is O=C(Nc1ccccc1O)c1cc(-c2ccccc2)nc2ccccc12. The summed E-state index contributed by atoms with van der Waals surface area (Å²) in [6.45, 7) is 0. The van der Waals surface area contributed by atoms with Gasteiger partial charge in [-0.2, -0.15) is 0 Å². The molecule has 0 fully saturated rings. The van der Waals surface area contributed by atoms with E-state index < -0.39 is 0 Å². The molecule has 0 aliphatic rings. The number of phenolic OH excluding ortho intramolecular Hbond substituents is 1. The van der Waals surface area contributed by atoms with E-state index in [1.807, 2.05) is 54.6 Å². The Bertz CT molecular complexity index is 1090. The number of nitrogens with one attached hydrogen (secondary N) is 1. The van der Waals surface area contributed by atoms with Crippen molar-refractivity contribution in [3.63, 3.8) is 0 Å². The molecule has 4 rings (SSSR count). The summed E-state index contributed by atoms with van der Waals surface area (Å²) in [4.78, 5) is 17.6. The van der Waals surface area contributed by atoms with Crippen molar-refractivity contribution in [3.8, 4) is 17.0 Å². The monoisotopic (exact) mass is 340 g/mol. The van der Waals surface area contributed by atoms with Crippen molar-refractivity contribution >= 4 is 22.5 Å². The molecule has 26 heavy (non-hydrogen) atoms. The van der Waals surface area contributed by atoms with Crippen LogP contribution >= 0.6 is 0 Å². The largest absolute Gasteiger partial charge is 0.506 e. The molecule has 1 amide bonds. The highest BCUT2D eigenvalue weighted by atomic mass is 16.3. The van der Waals surface area contributed by atoms with Crippen LogP contribution in [-0.2, 0) is 0 Å². The number of pyridine rings is 1. The van der Waals surface area contributed by atoms with E-state index in [1.165, 1.54) is 6.07 Å². The van der Waals surface area contributed by atoms with Gasteiger partial charge in [0.1, 0.15) is 5.75 Å². The topological polar surface area (TPSA) is 62.2 Å². The number of aromatic nitrogens is 1. The van der Waals surface area contributed by atoms with Crippen LogP contribution in [0.3, 0.4) is 0 Å². The number of carbonyl (C=O) groups excluding carboxylic acids is 1. The zero-order valence-electron chi connectivity index (χ0n) is 13.9. The van der Waals surface area contributed by atoms with E-state index in [2.05, 4.69) is 10.3 Å². The van der Waals surface area contributed by atoms with Crippen molar-refractivity contribution in [1.29, 1.82) is 0 Å². The Morgan fingerprint density at radius 2 is 1.54 bits per heavy atom. The second-order valence-corrected chi connectivity index (χ2v) is 5.91. The molecule has 4 aromatic rings. The number of carbonyl (C=O) groups is 1. The first kappa shape index (κ1) is 15.8. The molecule has 0 aliphatic carbocycles. The number of nitrogens with zero attached hydrogens (tertiary/aromatic N) is 1. The van der Waals surface area contributed by atoms with Crippen molar-refractivity contribution < 1.29 is 9.90 Å². The van der Waals surface area contributed by atoms with E-state index in [-0.39, 0.29) is 11.7 Å². The summed E-state index contributed by atoms with van der Waals surface area (Å²) < 4.78 is 0. The summed E-state index contributed by atoms with van der Waals surface area (Å²) in [5.74, 6) is -0.259. The molecule has 4 nitrogen and oxygen atoms in total. The van der Waals surface area contributed by atoms with Crippen LogP contribution < -0.4 is 5.32 Å². The van der Waals surface area contributed by atoms with Gasteiger partial charge < -0.3 is 10.4 Å². The first-order chi connectivity index (χ1) is 12.7. The third-order valence-corrected chi connectivity index (χ3v) is 4.18. The fourth-order valence-corrected chi connectivity index (χ4v) is 2.89.